The van der Waals surface area contributed by atoms with E-state index in [0.717, 1.165) is 44.5 Å². The Morgan fingerprint density at radius 3 is 2.73 bits per heavy atom. The molecule has 2 aromatic heterocycles. The summed E-state index contributed by atoms with van der Waals surface area (Å²) in [7, 11) is 0. The van der Waals surface area contributed by atoms with E-state index >= 15 is 0 Å². The number of nitrogens with one attached hydrogen (secondary N) is 1. The van der Waals surface area contributed by atoms with Crippen LogP contribution in [-0.4, -0.2) is 44.5 Å². The molecule has 0 unspecified atom stereocenters. The summed E-state index contributed by atoms with van der Waals surface area (Å²) in [6, 6.07) is 0.0851. The van der Waals surface area contributed by atoms with Crippen molar-refractivity contribution in [1.82, 2.24) is 19.5 Å². The molecule has 0 aromatic carbocycles. The Balaban J connectivity index is 1.81. The zero-order chi connectivity index (χ0) is 21.5. The molecule has 162 valence electrons. The fraction of sp³-hybridized carbons (Fsp3) is 0.591. The Labute approximate surface area is 175 Å². The van der Waals surface area contributed by atoms with Gasteiger partial charge in [0.1, 0.15) is 5.65 Å². The third-order valence-electron chi connectivity index (χ3n) is 5.90. The number of ether oxygens (including phenoxy) is 1. The third-order valence-corrected chi connectivity index (χ3v) is 5.90. The largest absolute Gasteiger partial charge is 0.492 e. The second-order valence-corrected chi connectivity index (χ2v) is 9.19. The normalized spacial score (nSPS) is 19.1. The number of aromatic hydroxyl groups is 1. The van der Waals surface area contributed by atoms with Crippen LogP contribution >= 0.6 is 0 Å². The van der Waals surface area contributed by atoms with Crippen molar-refractivity contribution in [2.45, 2.75) is 59.0 Å². The van der Waals surface area contributed by atoms with Gasteiger partial charge in [0.2, 0.25) is 5.88 Å². The van der Waals surface area contributed by atoms with Crippen molar-refractivity contribution in [1.29, 1.82) is 0 Å². The molecule has 2 N–H and O–H groups in total. The molecule has 0 bridgehead atoms. The fourth-order valence-corrected chi connectivity index (χ4v) is 3.84. The van der Waals surface area contributed by atoms with Crippen molar-refractivity contribution < 1.29 is 14.6 Å². The number of carbonyl (C=O) groups is 1. The first-order valence-electron chi connectivity index (χ1n) is 10.7. The number of fused-ring (bicyclic) bond motifs is 1. The molecule has 4 rings (SSSR count). The highest BCUT2D eigenvalue weighted by Gasteiger charge is 2.30. The van der Waals surface area contributed by atoms with Gasteiger partial charge in [-0.05, 0) is 37.0 Å². The first-order valence-corrected chi connectivity index (χ1v) is 10.7. The summed E-state index contributed by atoms with van der Waals surface area (Å²) in [6.07, 6.45) is 9.39. The van der Waals surface area contributed by atoms with Crippen LogP contribution in [0, 0.1) is 11.3 Å². The lowest BCUT2D eigenvalue weighted by molar-refractivity contribution is 0.0452. The standard InChI is InChI=1S/C22H30N4O4/c1-14(2)13-25-19-15(6-7-22(3)8-10-30-11-9-22)12-23-26(19)21(29)17(20(25)28)18(27)24-16-4-5-16/h6-7,12,14,16,29H,4-5,8-11,13H2,1-3H3,(H,24,27). The monoisotopic (exact) mass is 414 g/mol. The second kappa shape index (κ2) is 7.91. The molecule has 1 aliphatic carbocycles. The van der Waals surface area contributed by atoms with Crippen LogP contribution in [0.1, 0.15) is 62.4 Å². The number of hydrogen-bond donors (Lipinski definition) is 2. The number of rotatable bonds is 6. The Morgan fingerprint density at radius 1 is 1.40 bits per heavy atom. The van der Waals surface area contributed by atoms with Crippen LogP contribution in [0.3, 0.4) is 0 Å². The molecule has 1 aliphatic heterocycles. The average molecular weight is 415 g/mol. The van der Waals surface area contributed by atoms with Gasteiger partial charge in [0.25, 0.3) is 11.5 Å². The lowest BCUT2D eigenvalue weighted by Gasteiger charge is -2.30. The topological polar surface area (TPSA) is 97.9 Å². The van der Waals surface area contributed by atoms with Crippen LogP contribution in [0.4, 0.5) is 0 Å². The van der Waals surface area contributed by atoms with Gasteiger partial charge in [0, 0.05) is 31.4 Å². The van der Waals surface area contributed by atoms with Crippen LogP contribution in [-0.2, 0) is 11.3 Å². The predicted octanol–water partition coefficient (Wildman–Crippen LogP) is 2.58. The van der Waals surface area contributed by atoms with Gasteiger partial charge in [-0.15, -0.1) is 0 Å². The Morgan fingerprint density at radius 2 is 2.10 bits per heavy atom. The summed E-state index contributed by atoms with van der Waals surface area (Å²) >= 11 is 0. The molecule has 2 aliphatic rings. The minimum absolute atomic E-state index is 0.0157. The molecule has 2 aromatic rings. The summed E-state index contributed by atoms with van der Waals surface area (Å²) in [6.45, 7) is 8.09. The summed E-state index contributed by atoms with van der Waals surface area (Å²) in [5, 5.41) is 17.9. The molecular weight excluding hydrogens is 384 g/mol. The summed E-state index contributed by atoms with van der Waals surface area (Å²) in [5.41, 5.74) is 0.525. The third kappa shape index (κ3) is 4.01. The molecule has 1 amide bonds. The zero-order valence-corrected chi connectivity index (χ0v) is 17.9. The molecule has 0 radical (unpaired) electrons. The van der Waals surface area contributed by atoms with E-state index in [1.165, 1.54) is 4.52 Å². The maximum absolute atomic E-state index is 13.3. The summed E-state index contributed by atoms with van der Waals surface area (Å²) in [4.78, 5) is 25.9. The lowest BCUT2D eigenvalue weighted by Crippen LogP contribution is -2.36. The fourth-order valence-electron chi connectivity index (χ4n) is 3.84. The molecule has 8 nitrogen and oxygen atoms in total. The van der Waals surface area contributed by atoms with Crippen molar-refractivity contribution in [2.75, 3.05) is 13.2 Å². The molecular formula is C22H30N4O4. The quantitative estimate of drug-likeness (QED) is 0.757. The number of allylic oxidation sites excluding steroid dienone is 1. The smallest absolute Gasteiger partial charge is 0.270 e. The molecule has 3 heterocycles. The summed E-state index contributed by atoms with van der Waals surface area (Å²) in [5.74, 6) is -0.776. The minimum Gasteiger partial charge on any atom is -0.492 e. The van der Waals surface area contributed by atoms with E-state index in [2.05, 4.69) is 23.4 Å². The van der Waals surface area contributed by atoms with Gasteiger partial charge in [-0.1, -0.05) is 32.9 Å². The van der Waals surface area contributed by atoms with Gasteiger partial charge in [0.15, 0.2) is 5.56 Å². The van der Waals surface area contributed by atoms with Crippen LogP contribution in [0.2, 0.25) is 0 Å². The number of carbonyl (C=O) groups excluding carboxylic acids is 1. The molecule has 30 heavy (non-hydrogen) atoms. The van der Waals surface area contributed by atoms with Crippen molar-refractivity contribution >= 4 is 17.6 Å². The molecule has 1 saturated carbocycles. The van der Waals surface area contributed by atoms with Gasteiger partial charge in [-0.25, -0.2) is 0 Å². The van der Waals surface area contributed by atoms with Crippen molar-refractivity contribution in [2.24, 2.45) is 11.3 Å². The van der Waals surface area contributed by atoms with E-state index < -0.39 is 17.3 Å². The van der Waals surface area contributed by atoms with Crippen molar-refractivity contribution in [3.8, 4) is 5.88 Å². The van der Waals surface area contributed by atoms with Crippen molar-refractivity contribution in [3.63, 3.8) is 0 Å². The zero-order valence-electron chi connectivity index (χ0n) is 17.9. The number of amides is 1. The van der Waals surface area contributed by atoms with Gasteiger partial charge < -0.3 is 15.2 Å². The molecule has 0 atom stereocenters. The van der Waals surface area contributed by atoms with Gasteiger partial charge in [-0.2, -0.15) is 9.61 Å². The Kier molecular flexibility index (Phi) is 5.44. The van der Waals surface area contributed by atoms with E-state index in [4.69, 9.17) is 4.74 Å². The number of nitrogens with zero attached hydrogens (tertiary/aromatic N) is 3. The number of hydrogen-bond acceptors (Lipinski definition) is 5. The SMILES string of the molecule is CC(C)Cn1c(=O)c(C(=O)NC2CC2)c(O)n2ncc(C=CC3(C)CCOCC3)c12. The van der Waals surface area contributed by atoms with Crippen LogP contribution in [0.15, 0.2) is 17.1 Å². The molecule has 1 saturated heterocycles. The lowest BCUT2D eigenvalue weighted by atomic mass is 9.82. The van der Waals surface area contributed by atoms with E-state index in [0.29, 0.717) is 12.2 Å². The molecule has 0 spiro atoms. The Hall–Kier alpha value is -2.61. The first kappa shape index (κ1) is 20.7. The van der Waals surface area contributed by atoms with E-state index in [-0.39, 0.29) is 22.9 Å². The van der Waals surface area contributed by atoms with Crippen LogP contribution in [0.5, 0.6) is 5.88 Å². The molecule has 2 fully saturated rings. The summed E-state index contributed by atoms with van der Waals surface area (Å²) < 4.78 is 8.33. The minimum atomic E-state index is -0.540. The van der Waals surface area contributed by atoms with E-state index in [9.17, 15) is 14.7 Å². The van der Waals surface area contributed by atoms with E-state index in [1.54, 1.807) is 10.8 Å². The van der Waals surface area contributed by atoms with Gasteiger partial charge in [0.05, 0.1) is 6.20 Å². The molecule has 8 heteroatoms. The number of aromatic nitrogens is 3. The highest BCUT2D eigenvalue weighted by molar-refractivity contribution is 5.96. The highest BCUT2D eigenvalue weighted by Crippen LogP contribution is 2.32. The second-order valence-electron chi connectivity index (χ2n) is 9.19. The van der Waals surface area contributed by atoms with Crippen LogP contribution < -0.4 is 10.9 Å². The van der Waals surface area contributed by atoms with Gasteiger partial charge >= 0.3 is 0 Å². The average Bonchev–Trinajstić information content (AvgIpc) is 3.39. The van der Waals surface area contributed by atoms with E-state index in [1.807, 2.05) is 19.9 Å². The maximum atomic E-state index is 13.3. The Bertz CT molecular complexity index is 1040. The van der Waals surface area contributed by atoms with Crippen LogP contribution in [0.25, 0.3) is 11.7 Å². The maximum Gasteiger partial charge on any atom is 0.270 e. The predicted molar refractivity (Wildman–Crippen MR) is 114 cm³/mol. The van der Waals surface area contributed by atoms with Gasteiger partial charge in [-0.3, -0.25) is 14.2 Å². The first-order chi connectivity index (χ1) is 14.3. The van der Waals surface area contributed by atoms with Crippen molar-refractivity contribution in [3.05, 3.63) is 33.8 Å². The highest BCUT2D eigenvalue weighted by atomic mass is 16.5.